The fourth-order valence-electron chi connectivity index (χ4n) is 3.84. The van der Waals surface area contributed by atoms with Crippen molar-refractivity contribution in [3.8, 4) is 22.4 Å². The second-order valence-electron chi connectivity index (χ2n) is 7.08. The van der Waals surface area contributed by atoms with E-state index in [0.717, 1.165) is 43.1 Å². The van der Waals surface area contributed by atoms with Crippen LogP contribution in [0.15, 0.2) is 84.9 Å². The molecule has 146 valence electrons. The first-order chi connectivity index (χ1) is 13.9. The van der Waals surface area contributed by atoms with Crippen molar-refractivity contribution in [2.24, 2.45) is 0 Å². The van der Waals surface area contributed by atoms with Gasteiger partial charge in [0.2, 0.25) is 0 Å². The van der Waals surface area contributed by atoms with E-state index in [1.54, 1.807) is 0 Å². The van der Waals surface area contributed by atoms with Gasteiger partial charge < -0.3 is 9.64 Å². The third-order valence-electron chi connectivity index (χ3n) is 5.34. The molecular formula is C25H23ClN2O. The molecule has 0 radical (unpaired) electrons. The van der Waals surface area contributed by atoms with Crippen LogP contribution in [0.4, 0.5) is 5.69 Å². The summed E-state index contributed by atoms with van der Waals surface area (Å²) in [6.07, 6.45) is 0. The highest BCUT2D eigenvalue weighted by molar-refractivity contribution is 5.96. The van der Waals surface area contributed by atoms with E-state index in [4.69, 9.17) is 9.72 Å². The molecule has 3 aromatic carbocycles. The largest absolute Gasteiger partial charge is 0.378 e. The maximum Gasteiger partial charge on any atom is 0.0715 e. The molecule has 4 aromatic rings. The number of benzene rings is 3. The fraction of sp³-hybridized carbons (Fsp3) is 0.160. The number of anilines is 1. The molecule has 2 heterocycles. The Balaban J connectivity index is 0.00000205. The third kappa shape index (κ3) is 3.98. The number of para-hydroxylation sites is 1. The molecule has 1 saturated heterocycles. The van der Waals surface area contributed by atoms with E-state index in [-0.39, 0.29) is 12.4 Å². The topological polar surface area (TPSA) is 25.4 Å². The zero-order valence-electron chi connectivity index (χ0n) is 16.1. The van der Waals surface area contributed by atoms with E-state index >= 15 is 0 Å². The molecular weight excluding hydrogens is 380 g/mol. The van der Waals surface area contributed by atoms with Crippen LogP contribution in [-0.4, -0.2) is 31.3 Å². The predicted octanol–water partition coefficient (Wildman–Crippen LogP) is 5.83. The van der Waals surface area contributed by atoms with Gasteiger partial charge in [0, 0.05) is 29.7 Å². The van der Waals surface area contributed by atoms with E-state index in [0.29, 0.717) is 0 Å². The van der Waals surface area contributed by atoms with Crippen LogP contribution >= 0.6 is 12.4 Å². The minimum absolute atomic E-state index is 0. The summed E-state index contributed by atoms with van der Waals surface area (Å²) in [5.41, 5.74) is 6.85. The molecule has 0 saturated carbocycles. The van der Waals surface area contributed by atoms with Gasteiger partial charge in [-0.15, -0.1) is 12.4 Å². The van der Waals surface area contributed by atoms with Crippen LogP contribution in [0, 0.1) is 0 Å². The molecule has 4 heteroatoms. The van der Waals surface area contributed by atoms with E-state index in [1.807, 2.05) is 0 Å². The summed E-state index contributed by atoms with van der Waals surface area (Å²) >= 11 is 0. The van der Waals surface area contributed by atoms with Gasteiger partial charge in [-0.05, 0) is 35.4 Å². The maximum absolute atomic E-state index is 5.46. The number of hydrogen-bond donors (Lipinski definition) is 0. The Bertz CT molecular complexity index is 1090. The minimum atomic E-state index is 0. The highest BCUT2D eigenvalue weighted by Crippen LogP contribution is 2.32. The Morgan fingerprint density at radius 1 is 0.724 bits per heavy atom. The minimum Gasteiger partial charge on any atom is -0.378 e. The van der Waals surface area contributed by atoms with Crippen LogP contribution in [0.5, 0.6) is 0 Å². The van der Waals surface area contributed by atoms with Crippen molar-refractivity contribution in [3.05, 3.63) is 84.9 Å². The third-order valence-corrected chi connectivity index (χ3v) is 5.34. The smallest absolute Gasteiger partial charge is 0.0715 e. The molecule has 29 heavy (non-hydrogen) atoms. The van der Waals surface area contributed by atoms with E-state index < -0.39 is 0 Å². The summed E-state index contributed by atoms with van der Waals surface area (Å²) in [4.78, 5) is 7.31. The second-order valence-corrected chi connectivity index (χ2v) is 7.08. The summed E-state index contributed by atoms with van der Waals surface area (Å²) in [6.45, 7) is 3.50. The Labute approximate surface area is 177 Å². The quantitative estimate of drug-likeness (QED) is 0.431. The molecule has 3 nitrogen and oxygen atoms in total. The molecule has 0 spiro atoms. The number of hydrogen-bond acceptors (Lipinski definition) is 3. The Morgan fingerprint density at radius 2 is 1.41 bits per heavy atom. The van der Waals surface area contributed by atoms with Gasteiger partial charge >= 0.3 is 0 Å². The van der Waals surface area contributed by atoms with Gasteiger partial charge in [0.25, 0.3) is 0 Å². The number of rotatable bonds is 3. The number of nitrogens with zero attached hydrogens (tertiary/aromatic N) is 2. The van der Waals surface area contributed by atoms with Crippen LogP contribution in [0.3, 0.4) is 0 Å². The van der Waals surface area contributed by atoms with Gasteiger partial charge in [-0.1, -0.05) is 60.7 Å². The van der Waals surface area contributed by atoms with Crippen molar-refractivity contribution in [2.45, 2.75) is 0 Å². The standard InChI is InChI=1S/C25H22N2O.ClH/c1-2-6-19(7-3-1)23-18-25(26-24-9-5-4-8-22(23)24)20-10-12-21(13-11-20)27-14-16-28-17-15-27;/h1-13,18H,14-17H2;1H. The summed E-state index contributed by atoms with van der Waals surface area (Å²) in [6, 6.07) is 29.9. The van der Waals surface area contributed by atoms with Crippen LogP contribution in [0.1, 0.15) is 0 Å². The SMILES string of the molecule is Cl.c1ccc(-c2cc(-c3ccc(N4CCOCC4)cc3)nc3ccccc23)cc1. The molecule has 0 bridgehead atoms. The number of halogens is 1. The molecule has 0 unspecified atom stereocenters. The van der Waals surface area contributed by atoms with Gasteiger partial charge in [-0.2, -0.15) is 0 Å². The van der Waals surface area contributed by atoms with E-state index in [1.165, 1.54) is 22.2 Å². The van der Waals surface area contributed by atoms with E-state index in [9.17, 15) is 0 Å². The predicted molar refractivity (Wildman–Crippen MR) is 123 cm³/mol. The van der Waals surface area contributed by atoms with Crippen molar-refractivity contribution in [1.82, 2.24) is 4.98 Å². The van der Waals surface area contributed by atoms with Crippen LogP contribution in [0.2, 0.25) is 0 Å². The molecule has 1 aliphatic heterocycles. The van der Waals surface area contributed by atoms with Gasteiger partial charge in [0.15, 0.2) is 0 Å². The molecule has 0 N–H and O–H groups in total. The summed E-state index contributed by atoms with van der Waals surface area (Å²) in [7, 11) is 0. The lowest BCUT2D eigenvalue weighted by atomic mass is 9.98. The van der Waals surface area contributed by atoms with Gasteiger partial charge in [-0.25, -0.2) is 4.98 Å². The number of morpholine rings is 1. The first-order valence-corrected chi connectivity index (χ1v) is 9.77. The molecule has 0 amide bonds. The average Bonchev–Trinajstić information content (AvgIpc) is 2.79. The number of fused-ring (bicyclic) bond motifs is 1. The summed E-state index contributed by atoms with van der Waals surface area (Å²) in [5.74, 6) is 0. The molecule has 1 fully saturated rings. The van der Waals surface area contributed by atoms with Crippen molar-refractivity contribution in [2.75, 3.05) is 31.2 Å². The zero-order valence-corrected chi connectivity index (χ0v) is 16.9. The fourth-order valence-corrected chi connectivity index (χ4v) is 3.84. The van der Waals surface area contributed by atoms with Crippen molar-refractivity contribution in [1.29, 1.82) is 0 Å². The summed E-state index contributed by atoms with van der Waals surface area (Å²) in [5, 5.41) is 1.18. The van der Waals surface area contributed by atoms with Crippen LogP contribution in [0.25, 0.3) is 33.3 Å². The number of ether oxygens (including phenoxy) is 1. The van der Waals surface area contributed by atoms with Crippen molar-refractivity contribution >= 4 is 29.0 Å². The van der Waals surface area contributed by atoms with Crippen LogP contribution in [-0.2, 0) is 4.74 Å². The second kappa shape index (κ2) is 8.64. The maximum atomic E-state index is 5.46. The van der Waals surface area contributed by atoms with Crippen molar-refractivity contribution in [3.63, 3.8) is 0 Å². The Hall–Kier alpha value is -2.88. The first-order valence-electron chi connectivity index (χ1n) is 9.77. The highest BCUT2D eigenvalue weighted by Gasteiger charge is 2.12. The Kier molecular flexibility index (Phi) is 5.79. The summed E-state index contributed by atoms with van der Waals surface area (Å²) < 4.78 is 5.46. The lowest BCUT2D eigenvalue weighted by Gasteiger charge is -2.28. The normalized spacial score (nSPS) is 13.9. The van der Waals surface area contributed by atoms with Gasteiger partial charge in [-0.3, -0.25) is 0 Å². The molecule has 1 aromatic heterocycles. The lowest BCUT2D eigenvalue weighted by Crippen LogP contribution is -2.36. The molecule has 0 aliphatic carbocycles. The first kappa shape index (κ1) is 19.4. The lowest BCUT2D eigenvalue weighted by molar-refractivity contribution is 0.122. The van der Waals surface area contributed by atoms with E-state index in [2.05, 4.69) is 89.8 Å². The average molecular weight is 403 g/mol. The monoisotopic (exact) mass is 402 g/mol. The zero-order chi connectivity index (χ0) is 18.8. The Morgan fingerprint density at radius 3 is 2.17 bits per heavy atom. The highest BCUT2D eigenvalue weighted by atomic mass is 35.5. The van der Waals surface area contributed by atoms with Gasteiger partial charge in [0.1, 0.15) is 0 Å². The molecule has 0 atom stereocenters. The van der Waals surface area contributed by atoms with Gasteiger partial charge in [0.05, 0.1) is 24.4 Å². The van der Waals surface area contributed by atoms with Crippen molar-refractivity contribution < 1.29 is 4.74 Å². The number of pyridine rings is 1. The molecule has 1 aliphatic rings. The number of aromatic nitrogens is 1. The molecule has 5 rings (SSSR count). The van der Waals surface area contributed by atoms with Crippen LogP contribution < -0.4 is 4.90 Å².